The van der Waals surface area contributed by atoms with Gasteiger partial charge in [-0.25, -0.2) is 0 Å². The number of aliphatic hydroxyl groups excluding tert-OH is 3. The van der Waals surface area contributed by atoms with E-state index < -0.39 is 18.3 Å². The average Bonchev–Trinajstić information content (AvgIpc) is 2.20. The Balaban J connectivity index is 2.50. The van der Waals surface area contributed by atoms with Crippen molar-refractivity contribution in [2.24, 2.45) is 0 Å². The Kier molecular flexibility index (Phi) is 6.28. The standard InChI is InChI=1S/C7H12O6Si2/c8-3-1-2-5(9)7-6(10)4-11-14-13-15-12-7/h1-2,5-10H,3-4H2/b2-1+/t5-,6?,7?/m1/s1. The SMILES string of the molecule is OC/C=C/[C@@H](O)C1O[Si]O[Si]OCC1O. The fourth-order valence-corrected chi connectivity index (χ4v) is 2.24. The van der Waals surface area contributed by atoms with Crippen LogP contribution in [0, 0.1) is 0 Å². The van der Waals surface area contributed by atoms with Crippen LogP contribution in [-0.2, 0) is 13.0 Å². The predicted octanol–water partition coefficient (Wildman–Crippen LogP) is -2.24. The second-order valence-corrected chi connectivity index (χ2v) is 4.51. The van der Waals surface area contributed by atoms with Gasteiger partial charge in [-0.3, -0.25) is 0 Å². The molecule has 15 heavy (non-hydrogen) atoms. The summed E-state index contributed by atoms with van der Waals surface area (Å²) in [5.41, 5.74) is 0. The maximum Gasteiger partial charge on any atom is 0.423 e. The lowest BCUT2D eigenvalue weighted by Gasteiger charge is -2.27. The minimum absolute atomic E-state index is 0.0532. The number of rotatable bonds is 3. The summed E-state index contributed by atoms with van der Waals surface area (Å²) in [6, 6.07) is 0. The van der Waals surface area contributed by atoms with Crippen LogP contribution in [0.15, 0.2) is 12.2 Å². The third-order valence-electron chi connectivity index (χ3n) is 1.74. The Labute approximate surface area is 92.6 Å². The van der Waals surface area contributed by atoms with E-state index in [-0.39, 0.29) is 33.2 Å². The molecule has 3 N–H and O–H groups in total. The lowest BCUT2D eigenvalue weighted by atomic mass is 10.1. The number of hydrogen-bond acceptors (Lipinski definition) is 6. The highest BCUT2D eigenvalue weighted by Crippen LogP contribution is 2.09. The minimum atomic E-state index is -0.992. The molecule has 0 bridgehead atoms. The molecule has 0 aromatic carbocycles. The molecule has 0 saturated carbocycles. The Morgan fingerprint density at radius 3 is 3.00 bits per heavy atom. The van der Waals surface area contributed by atoms with Crippen LogP contribution in [0.1, 0.15) is 0 Å². The van der Waals surface area contributed by atoms with Crippen LogP contribution in [0.3, 0.4) is 0 Å². The van der Waals surface area contributed by atoms with Crippen LogP contribution in [0.25, 0.3) is 0 Å². The minimum Gasteiger partial charge on any atom is -0.411 e. The zero-order valence-electron chi connectivity index (χ0n) is 7.87. The molecule has 1 fully saturated rings. The van der Waals surface area contributed by atoms with Crippen molar-refractivity contribution in [2.75, 3.05) is 13.2 Å². The van der Waals surface area contributed by atoms with Crippen LogP contribution in [0.4, 0.5) is 0 Å². The van der Waals surface area contributed by atoms with E-state index >= 15 is 0 Å². The van der Waals surface area contributed by atoms with Crippen molar-refractivity contribution >= 4 is 20.0 Å². The van der Waals surface area contributed by atoms with Gasteiger partial charge in [0.15, 0.2) is 0 Å². The first kappa shape index (κ1) is 13.0. The predicted molar refractivity (Wildman–Crippen MR) is 51.7 cm³/mol. The van der Waals surface area contributed by atoms with E-state index in [0.717, 1.165) is 0 Å². The molecule has 0 aliphatic carbocycles. The van der Waals surface area contributed by atoms with Crippen LogP contribution in [-0.4, -0.2) is 66.9 Å². The molecule has 1 aliphatic heterocycles. The van der Waals surface area contributed by atoms with Gasteiger partial charge in [-0.15, -0.1) is 0 Å². The third kappa shape index (κ3) is 4.53. The van der Waals surface area contributed by atoms with E-state index in [1.165, 1.54) is 12.2 Å². The van der Waals surface area contributed by atoms with Gasteiger partial charge in [0.2, 0.25) is 0 Å². The maximum absolute atomic E-state index is 9.60. The number of aliphatic hydroxyl groups is 3. The first-order valence-corrected chi connectivity index (χ1v) is 5.96. The van der Waals surface area contributed by atoms with Crippen molar-refractivity contribution in [3.63, 3.8) is 0 Å². The molecule has 2 unspecified atom stereocenters. The fourth-order valence-electron chi connectivity index (χ4n) is 1.03. The molecule has 0 spiro atoms. The van der Waals surface area contributed by atoms with Gasteiger partial charge in [0.25, 0.3) is 0 Å². The van der Waals surface area contributed by atoms with E-state index in [1.807, 2.05) is 0 Å². The maximum atomic E-state index is 9.60. The summed E-state index contributed by atoms with van der Waals surface area (Å²) in [6.07, 6.45) is 0.0469. The van der Waals surface area contributed by atoms with E-state index in [0.29, 0.717) is 0 Å². The Bertz CT molecular complexity index is 202. The van der Waals surface area contributed by atoms with Gasteiger partial charge in [0.1, 0.15) is 12.2 Å². The molecule has 1 aliphatic rings. The van der Waals surface area contributed by atoms with Crippen LogP contribution < -0.4 is 0 Å². The molecular formula is C7H12O6Si2. The van der Waals surface area contributed by atoms with Crippen LogP contribution in [0.2, 0.25) is 0 Å². The molecule has 1 rings (SSSR count). The topological polar surface area (TPSA) is 88.4 Å². The van der Waals surface area contributed by atoms with E-state index in [2.05, 4.69) is 0 Å². The largest absolute Gasteiger partial charge is 0.423 e. The monoisotopic (exact) mass is 248 g/mol. The molecule has 84 valence electrons. The zero-order valence-corrected chi connectivity index (χ0v) is 9.87. The van der Waals surface area contributed by atoms with Crippen molar-refractivity contribution < 1.29 is 28.3 Å². The van der Waals surface area contributed by atoms with Gasteiger partial charge in [-0.1, -0.05) is 12.2 Å². The Morgan fingerprint density at radius 2 is 2.27 bits per heavy atom. The number of hydrogen-bond donors (Lipinski definition) is 3. The molecule has 0 aromatic heterocycles. The zero-order chi connectivity index (χ0) is 11.1. The Morgan fingerprint density at radius 1 is 1.47 bits per heavy atom. The molecule has 8 heteroatoms. The summed E-state index contributed by atoms with van der Waals surface area (Å²) in [7, 11) is -0.426. The van der Waals surface area contributed by atoms with Gasteiger partial charge in [-0.05, 0) is 0 Å². The quantitative estimate of drug-likeness (QED) is 0.386. The lowest BCUT2D eigenvalue weighted by molar-refractivity contribution is -0.0558. The molecule has 1 heterocycles. The molecule has 6 nitrogen and oxygen atoms in total. The normalized spacial score (nSPS) is 31.1. The second-order valence-electron chi connectivity index (χ2n) is 2.83. The van der Waals surface area contributed by atoms with Gasteiger partial charge in [0, 0.05) is 0 Å². The van der Waals surface area contributed by atoms with Crippen molar-refractivity contribution in [3.8, 4) is 0 Å². The highest BCUT2D eigenvalue weighted by molar-refractivity contribution is 6.34. The first-order chi connectivity index (χ1) is 7.25. The fraction of sp³-hybridized carbons (Fsp3) is 0.714. The lowest BCUT2D eigenvalue weighted by Crippen LogP contribution is -2.44. The van der Waals surface area contributed by atoms with E-state index in [1.54, 1.807) is 0 Å². The van der Waals surface area contributed by atoms with Crippen molar-refractivity contribution in [1.29, 1.82) is 0 Å². The summed E-state index contributed by atoms with van der Waals surface area (Å²) in [4.78, 5) is 0. The van der Waals surface area contributed by atoms with Crippen molar-refractivity contribution in [2.45, 2.75) is 18.3 Å². The average molecular weight is 248 g/mol. The molecule has 3 atom stereocenters. The summed E-state index contributed by atoms with van der Waals surface area (Å²) in [5.74, 6) is 0. The summed E-state index contributed by atoms with van der Waals surface area (Å²) in [6.45, 7) is -0.117. The highest BCUT2D eigenvalue weighted by atomic mass is 28.3. The van der Waals surface area contributed by atoms with Crippen LogP contribution >= 0.6 is 0 Å². The van der Waals surface area contributed by atoms with Crippen molar-refractivity contribution in [1.82, 2.24) is 0 Å². The molecule has 0 aromatic rings. The van der Waals surface area contributed by atoms with Gasteiger partial charge < -0.3 is 28.3 Å². The van der Waals surface area contributed by atoms with Gasteiger partial charge in [0.05, 0.1) is 19.3 Å². The van der Waals surface area contributed by atoms with E-state index in [9.17, 15) is 10.2 Å². The molecule has 0 amide bonds. The van der Waals surface area contributed by atoms with Gasteiger partial charge in [-0.2, -0.15) is 0 Å². The molecule has 4 radical (unpaired) electrons. The molecular weight excluding hydrogens is 236 g/mol. The summed E-state index contributed by atoms with van der Waals surface area (Å²) < 4.78 is 15.0. The second kappa shape index (κ2) is 7.25. The summed E-state index contributed by atoms with van der Waals surface area (Å²) in [5, 5.41) is 27.7. The summed E-state index contributed by atoms with van der Waals surface area (Å²) >= 11 is 0. The van der Waals surface area contributed by atoms with Gasteiger partial charge >= 0.3 is 20.0 Å². The highest BCUT2D eigenvalue weighted by Gasteiger charge is 2.28. The van der Waals surface area contributed by atoms with Crippen LogP contribution in [0.5, 0.6) is 0 Å². The smallest absolute Gasteiger partial charge is 0.411 e. The first-order valence-electron chi connectivity index (χ1n) is 4.32. The van der Waals surface area contributed by atoms with E-state index in [4.69, 9.17) is 18.1 Å². The Hall–Kier alpha value is -0.0662. The van der Waals surface area contributed by atoms with Crippen molar-refractivity contribution in [3.05, 3.63) is 12.2 Å². The molecule has 1 saturated heterocycles. The third-order valence-corrected chi connectivity index (χ3v) is 3.05.